The van der Waals surface area contributed by atoms with Gasteiger partial charge in [-0.1, -0.05) is 0 Å². The fraction of sp³-hybridized carbons (Fsp3) is 0.158. The molecule has 27 heavy (non-hydrogen) atoms. The molecular weight excluding hydrogens is 362 g/mol. The number of nitrogens with zero attached hydrogens (tertiary/aromatic N) is 4. The zero-order valence-corrected chi connectivity index (χ0v) is 15.7. The number of rotatable bonds is 6. The van der Waals surface area contributed by atoms with Crippen molar-refractivity contribution in [3.8, 4) is 17.6 Å². The molecule has 7 nitrogen and oxygen atoms in total. The molecule has 1 aromatic heterocycles. The maximum absolute atomic E-state index is 8.85. The Morgan fingerprint density at radius 3 is 2.70 bits per heavy atom. The molecule has 8 heteroatoms. The third-order valence-corrected chi connectivity index (χ3v) is 4.08. The minimum atomic E-state index is 0.320. The Balaban J connectivity index is 1.78. The summed E-state index contributed by atoms with van der Waals surface area (Å²) in [5.41, 5.74) is 2.33. The number of benzene rings is 2. The first-order chi connectivity index (χ1) is 13.1. The molecule has 1 N–H and O–H groups in total. The molecule has 0 unspecified atom stereocenters. The Morgan fingerprint density at radius 1 is 1.30 bits per heavy atom. The van der Waals surface area contributed by atoms with Crippen LogP contribution in [-0.2, 0) is 6.61 Å². The van der Waals surface area contributed by atoms with Gasteiger partial charge in [0.25, 0.3) is 0 Å². The van der Waals surface area contributed by atoms with Gasteiger partial charge in [-0.2, -0.15) is 20.1 Å². The summed E-state index contributed by atoms with van der Waals surface area (Å²) in [4.78, 5) is 0. The summed E-state index contributed by atoms with van der Waals surface area (Å²) >= 11 is 5.14. The molecule has 0 aliphatic carbocycles. The zero-order valence-electron chi connectivity index (χ0n) is 14.8. The van der Waals surface area contributed by atoms with E-state index >= 15 is 0 Å². The largest absolute Gasteiger partial charge is 0.496 e. The van der Waals surface area contributed by atoms with Crippen LogP contribution in [0.15, 0.2) is 47.6 Å². The van der Waals surface area contributed by atoms with E-state index in [1.807, 2.05) is 25.1 Å². The van der Waals surface area contributed by atoms with Crippen LogP contribution in [0.1, 0.15) is 22.5 Å². The molecule has 3 aromatic rings. The van der Waals surface area contributed by atoms with E-state index in [4.69, 9.17) is 27.0 Å². The first kappa shape index (κ1) is 18.4. The first-order valence-electron chi connectivity index (χ1n) is 8.09. The minimum Gasteiger partial charge on any atom is -0.496 e. The van der Waals surface area contributed by atoms with Gasteiger partial charge in [0.2, 0.25) is 4.77 Å². The van der Waals surface area contributed by atoms with Crippen LogP contribution < -0.4 is 9.47 Å². The summed E-state index contributed by atoms with van der Waals surface area (Å²) in [7, 11) is 1.61. The average Bonchev–Trinajstić information content (AvgIpc) is 3.02. The van der Waals surface area contributed by atoms with Gasteiger partial charge in [-0.3, -0.25) is 5.10 Å². The van der Waals surface area contributed by atoms with Crippen LogP contribution in [0.25, 0.3) is 0 Å². The highest BCUT2D eigenvalue weighted by Crippen LogP contribution is 2.22. The summed E-state index contributed by atoms with van der Waals surface area (Å²) in [5, 5.41) is 19.9. The highest BCUT2D eigenvalue weighted by atomic mass is 32.1. The second kappa shape index (κ2) is 8.29. The highest BCUT2D eigenvalue weighted by Gasteiger charge is 2.06. The van der Waals surface area contributed by atoms with Gasteiger partial charge in [-0.15, -0.1) is 0 Å². The van der Waals surface area contributed by atoms with Crippen molar-refractivity contribution in [2.75, 3.05) is 7.11 Å². The topological polar surface area (TPSA) is 88.2 Å². The molecule has 136 valence electrons. The Bertz CT molecular complexity index is 1060. The molecule has 0 fully saturated rings. The number of methoxy groups -OCH3 is 1. The van der Waals surface area contributed by atoms with E-state index in [2.05, 4.69) is 21.4 Å². The molecule has 0 saturated carbocycles. The molecule has 0 aliphatic rings. The van der Waals surface area contributed by atoms with Crippen molar-refractivity contribution in [2.45, 2.75) is 13.5 Å². The summed E-state index contributed by atoms with van der Waals surface area (Å²) in [5.74, 6) is 2.07. The maximum Gasteiger partial charge on any atom is 0.216 e. The van der Waals surface area contributed by atoms with Crippen molar-refractivity contribution in [1.29, 1.82) is 5.26 Å². The molecule has 0 aliphatic heterocycles. The van der Waals surface area contributed by atoms with Crippen molar-refractivity contribution in [2.24, 2.45) is 5.10 Å². The van der Waals surface area contributed by atoms with Gasteiger partial charge in [0.15, 0.2) is 0 Å². The Kier molecular flexibility index (Phi) is 5.64. The molecular formula is C19H17N5O2S. The SMILES string of the molecule is COc1ccc(C=Nn2c(C)n[nH]c2=S)cc1COc1ccc(C#N)cc1. The fourth-order valence-electron chi connectivity index (χ4n) is 2.41. The van der Waals surface area contributed by atoms with Gasteiger partial charge < -0.3 is 9.47 Å². The van der Waals surface area contributed by atoms with Crippen molar-refractivity contribution in [1.82, 2.24) is 14.9 Å². The van der Waals surface area contributed by atoms with E-state index < -0.39 is 0 Å². The predicted molar refractivity (Wildman–Crippen MR) is 104 cm³/mol. The van der Waals surface area contributed by atoms with Crippen LogP contribution in [-0.4, -0.2) is 28.2 Å². The van der Waals surface area contributed by atoms with Gasteiger partial charge in [-0.05, 0) is 67.2 Å². The minimum absolute atomic E-state index is 0.320. The zero-order chi connectivity index (χ0) is 19.2. The van der Waals surface area contributed by atoms with Crippen LogP contribution >= 0.6 is 12.2 Å². The van der Waals surface area contributed by atoms with E-state index in [1.54, 1.807) is 42.3 Å². The second-order valence-electron chi connectivity index (χ2n) is 5.63. The van der Waals surface area contributed by atoms with Gasteiger partial charge in [0, 0.05) is 5.56 Å². The van der Waals surface area contributed by atoms with Gasteiger partial charge >= 0.3 is 0 Å². The molecule has 2 aromatic carbocycles. The Labute approximate surface area is 161 Å². The molecule has 0 atom stereocenters. The predicted octanol–water partition coefficient (Wildman–Crippen LogP) is 3.59. The van der Waals surface area contributed by atoms with Gasteiger partial charge in [-0.25, -0.2) is 0 Å². The summed E-state index contributed by atoms with van der Waals surface area (Å²) in [6.45, 7) is 2.13. The summed E-state index contributed by atoms with van der Waals surface area (Å²) < 4.78 is 13.2. The summed E-state index contributed by atoms with van der Waals surface area (Å²) in [6.07, 6.45) is 1.70. The van der Waals surface area contributed by atoms with E-state index in [-0.39, 0.29) is 0 Å². The number of hydrogen-bond acceptors (Lipinski definition) is 6. The smallest absolute Gasteiger partial charge is 0.216 e. The number of ether oxygens (including phenoxy) is 2. The Morgan fingerprint density at radius 2 is 2.07 bits per heavy atom. The van der Waals surface area contributed by atoms with Crippen molar-refractivity contribution in [3.05, 3.63) is 69.8 Å². The molecule has 3 rings (SSSR count). The maximum atomic E-state index is 8.85. The van der Waals surface area contributed by atoms with Crippen LogP contribution in [0.4, 0.5) is 0 Å². The van der Waals surface area contributed by atoms with Crippen LogP contribution in [0, 0.1) is 23.0 Å². The van der Waals surface area contributed by atoms with Crippen molar-refractivity contribution < 1.29 is 9.47 Å². The molecule has 0 saturated heterocycles. The number of aromatic nitrogens is 3. The third-order valence-electron chi connectivity index (χ3n) is 3.82. The normalized spacial score (nSPS) is 10.7. The highest BCUT2D eigenvalue weighted by molar-refractivity contribution is 7.71. The lowest BCUT2D eigenvalue weighted by Crippen LogP contribution is -2.00. The first-order valence-corrected chi connectivity index (χ1v) is 8.50. The lowest BCUT2D eigenvalue weighted by atomic mass is 10.1. The van der Waals surface area contributed by atoms with Crippen molar-refractivity contribution >= 4 is 18.4 Å². The second-order valence-corrected chi connectivity index (χ2v) is 6.02. The van der Waals surface area contributed by atoms with Gasteiger partial charge in [0.1, 0.15) is 23.9 Å². The average molecular weight is 379 g/mol. The molecule has 1 heterocycles. The van der Waals surface area contributed by atoms with Crippen LogP contribution in [0.2, 0.25) is 0 Å². The number of aryl methyl sites for hydroxylation is 1. The lowest BCUT2D eigenvalue weighted by Gasteiger charge is -2.11. The quantitative estimate of drug-likeness (QED) is 0.522. The number of hydrogen-bond donors (Lipinski definition) is 1. The lowest BCUT2D eigenvalue weighted by molar-refractivity contribution is 0.296. The molecule has 0 spiro atoms. The van der Waals surface area contributed by atoms with E-state index in [9.17, 15) is 0 Å². The molecule has 0 bridgehead atoms. The van der Waals surface area contributed by atoms with Gasteiger partial charge in [0.05, 0.1) is 25.0 Å². The third kappa shape index (κ3) is 4.40. The number of aromatic amines is 1. The Hall–Kier alpha value is -3.44. The van der Waals surface area contributed by atoms with Crippen molar-refractivity contribution in [3.63, 3.8) is 0 Å². The molecule has 0 amide bonds. The van der Waals surface area contributed by atoms with E-state index in [0.29, 0.717) is 28.5 Å². The van der Waals surface area contributed by atoms with E-state index in [0.717, 1.165) is 16.9 Å². The molecule has 0 radical (unpaired) electrons. The van der Waals surface area contributed by atoms with E-state index in [1.165, 1.54) is 0 Å². The van der Waals surface area contributed by atoms with Crippen LogP contribution in [0.3, 0.4) is 0 Å². The number of nitriles is 1. The fourth-order valence-corrected chi connectivity index (χ4v) is 2.63. The standard InChI is InChI=1S/C19H17N5O2S/c1-13-22-23-19(27)24(13)21-11-15-5-8-18(25-2)16(9-15)12-26-17-6-3-14(10-20)4-7-17/h3-9,11H,12H2,1-2H3,(H,23,27). The monoisotopic (exact) mass is 379 g/mol. The number of nitrogens with one attached hydrogen (secondary N) is 1. The summed E-state index contributed by atoms with van der Waals surface area (Å²) in [6, 6.07) is 14.7. The number of H-pyrrole nitrogens is 1. The van der Waals surface area contributed by atoms with Crippen LogP contribution in [0.5, 0.6) is 11.5 Å².